The predicted molar refractivity (Wildman–Crippen MR) is 132 cm³/mol. The summed E-state index contributed by atoms with van der Waals surface area (Å²) in [5.41, 5.74) is 0.713. The van der Waals surface area contributed by atoms with Crippen LogP contribution in [-0.2, 0) is 12.7 Å². The zero-order valence-electron chi connectivity index (χ0n) is 20.0. The van der Waals surface area contributed by atoms with Crippen molar-refractivity contribution in [2.45, 2.75) is 12.7 Å². The molecular formula is C25H29F3N6O. The van der Waals surface area contributed by atoms with E-state index in [1.165, 1.54) is 18.7 Å². The number of methoxy groups -OCH3 is 1. The first kappa shape index (κ1) is 24.6. The molecule has 35 heavy (non-hydrogen) atoms. The summed E-state index contributed by atoms with van der Waals surface area (Å²) in [4.78, 5) is 15.6. The molecule has 1 fully saturated rings. The van der Waals surface area contributed by atoms with Crippen LogP contribution in [-0.4, -0.2) is 62.3 Å². The van der Waals surface area contributed by atoms with Gasteiger partial charge in [0, 0.05) is 64.6 Å². The van der Waals surface area contributed by atoms with Gasteiger partial charge in [-0.3, -0.25) is 4.90 Å². The molecule has 1 aliphatic heterocycles. The van der Waals surface area contributed by atoms with Crippen molar-refractivity contribution in [3.8, 4) is 5.75 Å². The summed E-state index contributed by atoms with van der Waals surface area (Å²) in [7, 11) is 5.06. The van der Waals surface area contributed by atoms with Crippen molar-refractivity contribution >= 4 is 23.3 Å². The summed E-state index contributed by atoms with van der Waals surface area (Å²) < 4.78 is 45.1. The van der Waals surface area contributed by atoms with Crippen molar-refractivity contribution in [1.82, 2.24) is 14.9 Å². The van der Waals surface area contributed by atoms with Crippen LogP contribution in [0.4, 0.5) is 36.4 Å². The van der Waals surface area contributed by atoms with E-state index in [9.17, 15) is 13.2 Å². The lowest BCUT2D eigenvalue weighted by Gasteiger charge is -2.35. The molecule has 1 N–H and O–H groups in total. The van der Waals surface area contributed by atoms with Crippen LogP contribution in [0.3, 0.4) is 0 Å². The Morgan fingerprint density at radius 1 is 0.971 bits per heavy atom. The Kier molecular flexibility index (Phi) is 7.30. The van der Waals surface area contributed by atoms with E-state index in [0.717, 1.165) is 44.9 Å². The zero-order valence-corrected chi connectivity index (χ0v) is 20.0. The van der Waals surface area contributed by atoms with Crippen LogP contribution in [0.25, 0.3) is 0 Å². The fourth-order valence-electron chi connectivity index (χ4n) is 3.90. The van der Waals surface area contributed by atoms with Crippen molar-refractivity contribution in [2.24, 2.45) is 0 Å². The molecule has 4 rings (SSSR count). The van der Waals surface area contributed by atoms with Crippen molar-refractivity contribution < 1.29 is 17.9 Å². The molecule has 0 saturated carbocycles. The van der Waals surface area contributed by atoms with Gasteiger partial charge in [-0.2, -0.15) is 23.1 Å². The van der Waals surface area contributed by atoms with Crippen molar-refractivity contribution in [2.75, 3.05) is 62.5 Å². The van der Waals surface area contributed by atoms with Crippen LogP contribution >= 0.6 is 0 Å². The third kappa shape index (κ3) is 6.33. The van der Waals surface area contributed by atoms with E-state index in [1.807, 2.05) is 37.2 Å². The number of ether oxygens (including phenoxy) is 1. The van der Waals surface area contributed by atoms with Gasteiger partial charge in [0.2, 0.25) is 5.95 Å². The SMILES string of the molecule is COc1cc(Nc2cc(N(C)C)nc(N3CCN(Cc4ccccc4)CC3)n2)cc(C(F)(F)F)c1. The molecule has 2 aromatic carbocycles. The number of aromatic nitrogens is 2. The number of rotatable bonds is 7. The first-order chi connectivity index (χ1) is 16.7. The molecular weight excluding hydrogens is 457 g/mol. The Hall–Kier alpha value is -3.53. The summed E-state index contributed by atoms with van der Waals surface area (Å²) in [6.45, 7) is 4.11. The Labute approximate surface area is 203 Å². The van der Waals surface area contributed by atoms with E-state index in [1.54, 1.807) is 6.07 Å². The fraction of sp³-hybridized carbons (Fsp3) is 0.360. The lowest BCUT2D eigenvalue weighted by atomic mass is 10.1. The molecule has 1 aliphatic rings. The van der Waals surface area contributed by atoms with Crippen molar-refractivity contribution in [3.63, 3.8) is 0 Å². The van der Waals surface area contributed by atoms with E-state index in [0.29, 0.717) is 17.6 Å². The first-order valence-corrected chi connectivity index (χ1v) is 11.3. The number of benzene rings is 2. The molecule has 7 nitrogen and oxygen atoms in total. The molecule has 186 valence electrons. The average Bonchev–Trinajstić information content (AvgIpc) is 2.84. The van der Waals surface area contributed by atoms with E-state index < -0.39 is 11.7 Å². The molecule has 0 aliphatic carbocycles. The number of alkyl halides is 3. The van der Waals surface area contributed by atoms with Gasteiger partial charge in [0.05, 0.1) is 12.7 Å². The van der Waals surface area contributed by atoms with Gasteiger partial charge < -0.3 is 19.9 Å². The molecule has 0 amide bonds. The average molecular weight is 487 g/mol. The maximum absolute atomic E-state index is 13.3. The zero-order chi connectivity index (χ0) is 25.0. The highest BCUT2D eigenvalue weighted by atomic mass is 19.4. The van der Waals surface area contributed by atoms with Crippen LogP contribution in [0.2, 0.25) is 0 Å². The number of nitrogens with zero attached hydrogens (tertiary/aromatic N) is 5. The third-order valence-corrected chi connectivity index (χ3v) is 5.81. The van der Waals surface area contributed by atoms with Crippen LogP contribution in [0, 0.1) is 0 Å². The molecule has 1 saturated heterocycles. The molecule has 0 spiro atoms. The number of hydrogen-bond donors (Lipinski definition) is 1. The van der Waals surface area contributed by atoms with Crippen LogP contribution < -0.4 is 19.9 Å². The molecule has 3 aromatic rings. The van der Waals surface area contributed by atoms with Gasteiger partial charge in [0.15, 0.2) is 0 Å². The number of halogens is 3. The highest BCUT2D eigenvalue weighted by Crippen LogP contribution is 2.35. The quantitative estimate of drug-likeness (QED) is 0.522. The van der Waals surface area contributed by atoms with E-state index in [4.69, 9.17) is 4.74 Å². The number of piperazine rings is 1. The molecule has 1 aromatic heterocycles. The topological polar surface area (TPSA) is 56.8 Å². The molecule has 0 bridgehead atoms. The maximum atomic E-state index is 13.3. The van der Waals surface area contributed by atoms with Gasteiger partial charge in [-0.05, 0) is 17.7 Å². The Bertz CT molecular complexity index is 1130. The minimum absolute atomic E-state index is 0.110. The minimum Gasteiger partial charge on any atom is -0.497 e. The van der Waals surface area contributed by atoms with Gasteiger partial charge in [-0.15, -0.1) is 0 Å². The summed E-state index contributed by atoms with van der Waals surface area (Å²) in [5.74, 6) is 1.71. The molecule has 0 unspecified atom stereocenters. The molecule has 0 radical (unpaired) electrons. The predicted octanol–water partition coefficient (Wildman–Crippen LogP) is 4.64. The number of hydrogen-bond acceptors (Lipinski definition) is 7. The third-order valence-electron chi connectivity index (χ3n) is 5.81. The smallest absolute Gasteiger partial charge is 0.416 e. The fourth-order valence-corrected chi connectivity index (χ4v) is 3.90. The lowest BCUT2D eigenvalue weighted by molar-refractivity contribution is -0.137. The highest BCUT2D eigenvalue weighted by molar-refractivity contribution is 5.64. The molecule has 2 heterocycles. The van der Waals surface area contributed by atoms with Crippen LogP contribution in [0.5, 0.6) is 5.75 Å². The first-order valence-electron chi connectivity index (χ1n) is 11.3. The standard InChI is InChI=1S/C25H29F3N6O/c1-32(2)23-16-22(29-20-13-19(25(26,27)28)14-21(15-20)35-3)30-24(31-23)34-11-9-33(10-12-34)17-18-7-5-4-6-8-18/h4-8,13-16H,9-12,17H2,1-3H3,(H,29,30,31). The Balaban J connectivity index is 1.53. The monoisotopic (exact) mass is 486 g/mol. The second-order valence-corrected chi connectivity index (χ2v) is 8.63. The van der Waals surface area contributed by atoms with Crippen LogP contribution in [0.15, 0.2) is 54.6 Å². The van der Waals surface area contributed by atoms with E-state index in [2.05, 4.69) is 37.2 Å². The Morgan fingerprint density at radius 2 is 1.69 bits per heavy atom. The largest absolute Gasteiger partial charge is 0.497 e. The summed E-state index contributed by atoms with van der Waals surface area (Å²) in [6.07, 6.45) is -4.49. The normalized spacial score (nSPS) is 14.6. The Morgan fingerprint density at radius 3 is 2.31 bits per heavy atom. The minimum atomic E-state index is -4.49. The van der Waals surface area contributed by atoms with Crippen molar-refractivity contribution in [3.05, 3.63) is 65.7 Å². The molecule has 0 atom stereocenters. The van der Waals surface area contributed by atoms with Gasteiger partial charge >= 0.3 is 6.18 Å². The van der Waals surface area contributed by atoms with E-state index in [-0.39, 0.29) is 11.4 Å². The van der Waals surface area contributed by atoms with Crippen molar-refractivity contribution in [1.29, 1.82) is 0 Å². The van der Waals surface area contributed by atoms with Gasteiger partial charge in [-0.1, -0.05) is 30.3 Å². The maximum Gasteiger partial charge on any atom is 0.416 e. The second-order valence-electron chi connectivity index (χ2n) is 8.63. The van der Waals surface area contributed by atoms with E-state index >= 15 is 0 Å². The van der Waals surface area contributed by atoms with Gasteiger partial charge in [0.1, 0.15) is 17.4 Å². The molecule has 10 heteroatoms. The summed E-state index contributed by atoms with van der Waals surface area (Å²) >= 11 is 0. The summed E-state index contributed by atoms with van der Waals surface area (Å²) in [5, 5.41) is 3.01. The van der Waals surface area contributed by atoms with Gasteiger partial charge in [0.25, 0.3) is 0 Å². The van der Waals surface area contributed by atoms with Crippen LogP contribution in [0.1, 0.15) is 11.1 Å². The second kappa shape index (κ2) is 10.4. The summed E-state index contributed by atoms with van der Waals surface area (Å²) in [6, 6.07) is 15.6. The number of nitrogens with one attached hydrogen (secondary N) is 1. The lowest BCUT2D eigenvalue weighted by Crippen LogP contribution is -2.46. The van der Waals surface area contributed by atoms with Gasteiger partial charge in [-0.25, -0.2) is 0 Å². The number of anilines is 4. The highest BCUT2D eigenvalue weighted by Gasteiger charge is 2.31.